The number of carbonyl (C=O) groups is 1. The van der Waals surface area contributed by atoms with Gasteiger partial charge in [0.25, 0.3) is 0 Å². The summed E-state index contributed by atoms with van der Waals surface area (Å²) >= 11 is 6.02. The lowest BCUT2D eigenvalue weighted by atomic mass is 10.00. The Hall–Kier alpha value is -1.34. The van der Waals surface area contributed by atoms with Gasteiger partial charge in [0.15, 0.2) is 9.84 Å². The Bertz CT molecular complexity index is 723. The first-order valence-corrected chi connectivity index (χ1v) is 9.27. The van der Waals surface area contributed by atoms with Gasteiger partial charge in [-0.2, -0.15) is 0 Å². The quantitative estimate of drug-likeness (QED) is 0.842. The molecule has 5 nitrogen and oxygen atoms in total. The maximum absolute atomic E-state index is 13.4. The third-order valence-electron chi connectivity index (χ3n) is 4.09. The molecule has 0 radical (unpaired) electrons. The Morgan fingerprint density at radius 2 is 2.18 bits per heavy atom. The maximum atomic E-state index is 13.4. The van der Waals surface area contributed by atoms with Crippen molar-refractivity contribution in [2.45, 2.75) is 25.4 Å². The Balaban J connectivity index is 1.68. The van der Waals surface area contributed by atoms with E-state index in [1.54, 1.807) is 4.90 Å². The van der Waals surface area contributed by atoms with E-state index in [0.717, 1.165) is 5.56 Å². The molecule has 2 aliphatic rings. The van der Waals surface area contributed by atoms with Crippen LogP contribution in [0, 0.1) is 5.82 Å². The Morgan fingerprint density at radius 3 is 2.86 bits per heavy atom. The van der Waals surface area contributed by atoms with E-state index >= 15 is 0 Å². The van der Waals surface area contributed by atoms with E-state index in [9.17, 15) is 17.6 Å². The van der Waals surface area contributed by atoms with Crippen molar-refractivity contribution in [3.8, 4) is 0 Å². The van der Waals surface area contributed by atoms with Crippen LogP contribution in [0.1, 0.15) is 17.5 Å². The van der Waals surface area contributed by atoms with Crippen molar-refractivity contribution in [1.29, 1.82) is 0 Å². The predicted molar refractivity (Wildman–Crippen MR) is 81.1 cm³/mol. The minimum absolute atomic E-state index is 0.0103. The van der Waals surface area contributed by atoms with Crippen molar-refractivity contribution >= 4 is 27.5 Å². The average Bonchev–Trinajstić information content (AvgIpc) is 2.77. The van der Waals surface area contributed by atoms with Gasteiger partial charge in [-0.25, -0.2) is 17.6 Å². The molecule has 2 aliphatic heterocycles. The van der Waals surface area contributed by atoms with Crippen LogP contribution in [0.3, 0.4) is 0 Å². The number of carbonyl (C=O) groups excluding carboxylic acids is 1. The molecule has 2 amide bonds. The number of sulfone groups is 1. The second-order valence-corrected chi connectivity index (χ2v) is 8.38. The zero-order valence-corrected chi connectivity index (χ0v) is 13.4. The molecule has 0 spiro atoms. The summed E-state index contributed by atoms with van der Waals surface area (Å²) in [5.41, 5.74) is 1.57. The molecule has 1 atom stereocenters. The highest BCUT2D eigenvalue weighted by molar-refractivity contribution is 7.91. The van der Waals surface area contributed by atoms with Gasteiger partial charge in [0.1, 0.15) is 5.82 Å². The van der Waals surface area contributed by atoms with Crippen molar-refractivity contribution in [1.82, 2.24) is 10.2 Å². The number of benzene rings is 1. The molecule has 1 saturated heterocycles. The van der Waals surface area contributed by atoms with Crippen LogP contribution in [0.25, 0.3) is 0 Å². The van der Waals surface area contributed by atoms with Crippen LogP contribution >= 0.6 is 11.6 Å². The SMILES string of the molecule is O=C(NC1CCS(=O)(=O)C1)N1CCc2c(Cl)cc(F)cc2C1. The van der Waals surface area contributed by atoms with Gasteiger partial charge in [-0.1, -0.05) is 11.6 Å². The van der Waals surface area contributed by atoms with E-state index in [2.05, 4.69) is 5.32 Å². The fourth-order valence-corrected chi connectivity index (χ4v) is 4.95. The molecular weight excluding hydrogens is 331 g/mol. The third-order valence-corrected chi connectivity index (χ3v) is 6.20. The van der Waals surface area contributed by atoms with Gasteiger partial charge in [-0.3, -0.25) is 0 Å². The summed E-state index contributed by atoms with van der Waals surface area (Å²) in [5, 5.41) is 3.13. The topological polar surface area (TPSA) is 66.5 Å². The molecule has 0 aromatic heterocycles. The van der Waals surface area contributed by atoms with Crippen molar-refractivity contribution in [2.75, 3.05) is 18.1 Å². The summed E-state index contributed by atoms with van der Waals surface area (Å²) < 4.78 is 36.3. The molecule has 0 bridgehead atoms. The number of halogens is 2. The van der Waals surface area contributed by atoms with Crippen LogP contribution in [0.15, 0.2) is 12.1 Å². The van der Waals surface area contributed by atoms with Gasteiger partial charge in [0.2, 0.25) is 0 Å². The van der Waals surface area contributed by atoms with Gasteiger partial charge in [0, 0.05) is 24.2 Å². The van der Waals surface area contributed by atoms with Crippen molar-refractivity contribution in [3.63, 3.8) is 0 Å². The summed E-state index contributed by atoms with van der Waals surface area (Å²) in [6.07, 6.45) is 1.00. The number of nitrogens with one attached hydrogen (secondary N) is 1. The molecule has 1 aromatic rings. The molecule has 1 aromatic carbocycles. The molecule has 1 N–H and O–H groups in total. The number of urea groups is 1. The van der Waals surface area contributed by atoms with E-state index in [1.165, 1.54) is 12.1 Å². The zero-order chi connectivity index (χ0) is 15.9. The van der Waals surface area contributed by atoms with E-state index in [-0.39, 0.29) is 30.1 Å². The highest BCUT2D eigenvalue weighted by atomic mass is 35.5. The number of hydrogen-bond acceptors (Lipinski definition) is 3. The van der Waals surface area contributed by atoms with Crippen LogP contribution in [0.4, 0.5) is 9.18 Å². The summed E-state index contributed by atoms with van der Waals surface area (Å²) in [7, 11) is -3.03. The van der Waals surface area contributed by atoms with Gasteiger partial charge < -0.3 is 10.2 Å². The number of hydrogen-bond donors (Lipinski definition) is 1. The highest BCUT2D eigenvalue weighted by Crippen LogP contribution is 2.27. The second kappa shape index (κ2) is 5.70. The lowest BCUT2D eigenvalue weighted by Gasteiger charge is -2.30. The molecule has 120 valence electrons. The minimum atomic E-state index is -3.03. The first-order valence-electron chi connectivity index (χ1n) is 7.07. The molecule has 22 heavy (non-hydrogen) atoms. The molecule has 2 heterocycles. The summed E-state index contributed by atoms with van der Waals surface area (Å²) in [6.45, 7) is 0.752. The van der Waals surface area contributed by atoms with Gasteiger partial charge in [-0.15, -0.1) is 0 Å². The molecular formula is C14H16ClFN2O3S. The van der Waals surface area contributed by atoms with Crippen molar-refractivity contribution < 1.29 is 17.6 Å². The highest BCUT2D eigenvalue weighted by Gasteiger charge is 2.31. The van der Waals surface area contributed by atoms with Crippen LogP contribution in [0.5, 0.6) is 0 Å². The number of fused-ring (bicyclic) bond motifs is 1. The fourth-order valence-electron chi connectivity index (χ4n) is 2.96. The van der Waals surface area contributed by atoms with E-state index in [0.29, 0.717) is 30.0 Å². The minimum Gasteiger partial charge on any atom is -0.334 e. The lowest BCUT2D eigenvalue weighted by Crippen LogP contribution is -2.47. The number of amides is 2. The normalized spacial score (nSPS) is 23.2. The molecule has 1 fully saturated rings. The van der Waals surface area contributed by atoms with Crippen LogP contribution < -0.4 is 5.32 Å². The van der Waals surface area contributed by atoms with Crippen molar-refractivity contribution in [3.05, 3.63) is 34.1 Å². The van der Waals surface area contributed by atoms with Gasteiger partial charge in [-0.05, 0) is 36.1 Å². The van der Waals surface area contributed by atoms with Gasteiger partial charge >= 0.3 is 6.03 Å². The lowest BCUT2D eigenvalue weighted by molar-refractivity contribution is 0.189. The second-order valence-electron chi connectivity index (χ2n) is 5.75. The van der Waals surface area contributed by atoms with Crippen LogP contribution in [-0.2, 0) is 22.8 Å². The van der Waals surface area contributed by atoms with E-state index < -0.39 is 15.7 Å². The first-order chi connectivity index (χ1) is 10.3. The molecule has 8 heteroatoms. The molecule has 0 aliphatic carbocycles. The molecule has 0 saturated carbocycles. The van der Waals surface area contributed by atoms with Crippen molar-refractivity contribution in [2.24, 2.45) is 0 Å². The summed E-state index contributed by atoms with van der Waals surface area (Å²) in [6, 6.07) is 2.02. The fraction of sp³-hybridized carbons (Fsp3) is 0.500. The third kappa shape index (κ3) is 3.20. The van der Waals surface area contributed by atoms with E-state index in [1.807, 2.05) is 0 Å². The first kappa shape index (κ1) is 15.6. The molecule has 3 rings (SSSR count). The smallest absolute Gasteiger partial charge is 0.317 e. The monoisotopic (exact) mass is 346 g/mol. The number of rotatable bonds is 1. The largest absolute Gasteiger partial charge is 0.334 e. The Morgan fingerprint density at radius 1 is 1.41 bits per heavy atom. The maximum Gasteiger partial charge on any atom is 0.317 e. The standard InChI is InChI=1S/C14H16ClFN2O3S/c15-13-6-10(16)5-9-7-18(3-1-12(9)13)14(19)17-11-2-4-22(20,21)8-11/h5-6,11H,1-4,7-8H2,(H,17,19). The number of nitrogens with zero attached hydrogens (tertiary/aromatic N) is 1. The van der Waals surface area contributed by atoms with E-state index in [4.69, 9.17) is 11.6 Å². The summed E-state index contributed by atoms with van der Waals surface area (Å²) in [5.74, 6) is -0.321. The van der Waals surface area contributed by atoms with Gasteiger partial charge in [0.05, 0.1) is 11.5 Å². The average molecular weight is 347 g/mol. The molecule has 1 unspecified atom stereocenters. The Kier molecular flexibility index (Phi) is 4.03. The van der Waals surface area contributed by atoms with Crippen LogP contribution in [0.2, 0.25) is 5.02 Å². The van der Waals surface area contributed by atoms with Crippen LogP contribution in [-0.4, -0.2) is 43.4 Å². The summed E-state index contributed by atoms with van der Waals surface area (Å²) in [4.78, 5) is 13.8. The zero-order valence-electron chi connectivity index (χ0n) is 11.8. The Labute approximate surface area is 133 Å². The predicted octanol–water partition coefficient (Wildman–Crippen LogP) is 1.73.